The van der Waals surface area contributed by atoms with E-state index in [2.05, 4.69) is 16.8 Å². The number of fused-ring (bicyclic) bond motifs is 1. The zero-order chi connectivity index (χ0) is 21.8. The number of hydrogen-bond donors (Lipinski definition) is 2. The molecule has 0 aliphatic heterocycles. The van der Waals surface area contributed by atoms with Crippen LogP contribution in [0, 0.1) is 11.8 Å². The molecule has 3 aromatic carbocycles. The number of aromatic carboxylic acids is 1. The van der Waals surface area contributed by atoms with Crippen LogP contribution in [0.3, 0.4) is 0 Å². The summed E-state index contributed by atoms with van der Waals surface area (Å²) in [4.78, 5) is 15.1. The number of nitrogens with one attached hydrogen (secondary N) is 1. The first-order chi connectivity index (χ1) is 15.0. The molecule has 1 heterocycles. The van der Waals surface area contributed by atoms with Gasteiger partial charge in [-0.15, -0.1) is 0 Å². The summed E-state index contributed by atoms with van der Waals surface area (Å²) in [5, 5.41) is 10.8. The zero-order valence-electron chi connectivity index (χ0n) is 17.5. The van der Waals surface area contributed by atoms with Crippen molar-refractivity contribution in [1.82, 2.24) is 4.98 Å². The van der Waals surface area contributed by atoms with Crippen LogP contribution in [0.2, 0.25) is 0 Å². The predicted molar refractivity (Wildman–Crippen MR) is 123 cm³/mol. The maximum Gasteiger partial charge on any atom is 0.336 e. The van der Waals surface area contributed by atoms with Crippen molar-refractivity contribution in [2.75, 3.05) is 0 Å². The summed E-state index contributed by atoms with van der Waals surface area (Å²) in [6, 6.07) is 21.0. The number of carboxylic acids is 1. The molecule has 0 bridgehead atoms. The first-order valence-corrected chi connectivity index (χ1v) is 10.2. The minimum absolute atomic E-state index is 0.185. The molecule has 2 N–H and O–H groups in total. The molecular weight excluding hydrogens is 386 g/mol. The molecule has 0 saturated heterocycles. The highest BCUT2D eigenvalue weighted by atomic mass is 16.5. The Morgan fingerprint density at radius 3 is 2.58 bits per heavy atom. The number of aromatic amines is 1. The van der Waals surface area contributed by atoms with Crippen molar-refractivity contribution in [3.63, 3.8) is 0 Å². The van der Waals surface area contributed by atoms with Crippen LogP contribution >= 0.6 is 0 Å². The van der Waals surface area contributed by atoms with Gasteiger partial charge in [0.2, 0.25) is 0 Å². The van der Waals surface area contributed by atoms with Crippen molar-refractivity contribution in [3.8, 4) is 23.0 Å². The standard InChI is InChI=1S/C27H23NO3/c1-18(2)31-17-20-8-6-19(7-9-20)10-11-22-4-3-5-24(27(29)30)26(22)23-13-12-21-14-15-28-25(21)16-23/h3-9,12-16,18,28H,17H2,1-2H3,(H,29,30). The van der Waals surface area contributed by atoms with Gasteiger partial charge >= 0.3 is 5.97 Å². The van der Waals surface area contributed by atoms with Crippen LogP contribution < -0.4 is 0 Å². The van der Waals surface area contributed by atoms with E-state index in [1.807, 2.05) is 74.6 Å². The Morgan fingerprint density at radius 2 is 1.84 bits per heavy atom. The topological polar surface area (TPSA) is 62.3 Å². The molecule has 0 atom stereocenters. The summed E-state index contributed by atoms with van der Waals surface area (Å²) in [6.07, 6.45) is 2.05. The second kappa shape index (κ2) is 8.91. The molecule has 31 heavy (non-hydrogen) atoms. The fourth-order valence-electron chi connectivity index (χ4n) is 3.44. The third-order valence-corrected chi connectivity index (χ3v) is 5.02. The number of hydrogen-bond acceptors (Lipinski definition) is 2. The monoisotopic (exact) mass is 409 g/mol. The summed E-state index contributed by atoms with van der Waals surface area (Å²) in [5.41, 5.74) is 5.26. The fourth-order valence-corrected chi connectivity index (χ4v) is 3.44. The molecule has 4 nitrogen and oxygen atoms in total. The summed E-state index contributed by atoms with van der Waals surface area (Å²) in [7, 11) is 0. The number of H-pyrrole nitrogens is 1. The fraction of sp³-hybridized carbons (Fsp3) is 0.148. The average molecular weight is 409 g/mol. The highest BCUT2D eigenvalue weighted by molar-refractivity contribution is 5.99. The molecule has 154 valence electrons. The largest absolute Gasteiger partial charge is 0.478 e. The molecule has 4 aromatic rings. The van der Waals surface area contributed by atoms with Gasteiger partial charge in [-0.25, -0.2) is 4.79 Å². The van der Waals surface area contributed by atoms with Crippen LogP contribution in [0.1, 0.15) is 40.9 Å². The van der Waals surface area contributed by atoms with E-state index in [9.17, 15) is 9.90 Å². The molecule has 0 radical (unpaired) electrons. The molecule has 0 aliphatic carbocycles. The van der Waals surface area contributed by atoms with Gasteiger partial charge in [0, 0.05) is 28.4 Å². The zero-order valence-corrected chi connectivity index (χ0v) is 17.5. The minimum Gasteiger partial charge on any atom is -0.478 e. The van der Waals surface area contributed by atoms with E-state index in [1.165, 1.54) is 0 Å². The van der Waals surface area contributed by atoms with Gasteiger partial charge in [-0.05, 0) is 66.8 Å². The number of carbonyl (C=O) groups is 1. The molecule has 4 heteroatoms. The third kappa shape index (κ3) is 4.69. The van der Waals surface area contributed by atoms with Gasteiger partial charge in [-0.2, -0.15) is 0 Å². The Balaban J connectivity index is 1.71. The van der Waals surface area contributed by atoms with Crippen LogP contribution in [-0.2, 0) is 11.3 Å². The van der Waals surface area contributed by atoms with Gasteiger partial charge < -0.3 is 14.8 Å². The first-order valence-electron chi connectivity index (χ1n) is 10.2. The van der Waals surface area contributed by atoms with E-state index in [1.54, 1.807) is 12.1 Å². The van der Waals surface area contributed by atoms with E-state index >= 15 is 0 Å². The lowest BCUT2D eigenvalue weighted by molar-refractivity contribution is 0.0656. The van der Waals surface area contributed by atoms with Gasteiger partial charge in [-0.1, -0.05) is 42.2 Å². The van der Waals surface area contributed by atoms with E-state index in [0.717, 1.165) is 27.6 Å². The molecule has 0 unspecified atom stereocenters. The number of rotatable bonds is 5. The molecule has 0 spiro atoms. The Morgan fingerprint density at radius 1 is 1.03 bits per heavy atom. The Hall–Kier alpha value is -3.81. The van der Waals surface area contributed by atoms with Gasteiger partial charge in [0.15, 0.2) is 0 Å². The second-order valence-electron chi connectivity index (χ2n) is 7.62. The van der Waals surface area contributed by atoms with E-state index in [4.69, 9.17) is 4.74 Å². The minimum atomic E-state index is -0.972. The Labute approximate surface area is 181 Å². The number of aromatic nitrogens is 1. The van der Waals surface area contributed by atoms with Gasteiger partial charge in [0.1, 0.15) is 0 Å². The highest BCUT2D eigenvalue weighted by Crippen LogP contribution is 2.30. The number of benzene rings is 3. The maximum atomic E-state index is 11.9. The van der Waals surface area contributed by atoms with Gasteiger partial charge in [0.05, 0.1) is 18.3 Å². The van der Waals surface area contributed by atoms with Crippen molar-refractivity contribution < 1.29 is 14.6 Å². The second-order valence-corrected chi connectivity index (χ2v) is 7.62. The predicted octanol–water partition coefficient (Wildman–Crippen LogP) is 5.86. The number of ether oxygens (including phenoxy) is 1. The average Bonchev–Trinajstić information content (AvgIpc) is 3.24. The van der Waals surface area contributed by atoms with Crippen LogP contribution in [0.15, 0.2) is 72.9 Å². The molecule has 0 saturated carbocycles. The number of carboxylic acid groups (broad SMARTS) is 1. The smallest absolute Gasteiger partial charge is 0.336 e. The summed E-state index contributed by atoms with van der Waals surface area (Å²) >= 11 is 0. The molecule has 0 amide bonds. The molecule has 0 aliphatic rings. The maximum absolute atomic E-state index is 11.9. The summed E-state index contributed by atoms with van der Waals surface area (Å²) < 4.78 is 5.63. The van der Waals surface area contributed by atoms with Crippen molar-refractivity contribution in [3.05, 3.63) is 95.2 Å². The van der Waals surface area contributed by atoms with Crippen LogP contribution in [0.25, 0.3) is 22.0 Å². The van der Waals surface area contributed by atoms with Crippen molar-refractivity contribution in [2.45, 2.75) is 26.6 Å². The first kappa shape index (κ1) is 20.5. The lowest BCUT2D eigenvalue weighted by Gasteiger charge is -2.10. The van der Waals surface area contributed by atoms with E-state index in [0.29, 0.717) is 17.7 Å². The highest BCUT2D eigenvalue weighted by Gasteiger charge is 2.15. The lowest BCUT2D eigenvalue weighted by Crippen LogP contribution is -2.02. The third-order valence-electron chi connectivity index (χ3n) is 5.02. The van der Waals surface area contributed by atoms with Crippen molar-refractivity contribution >= 4 is 16.9 Å². The van der Waals surface area contributed by atoms with Crippen molar-refractivity contribution in [1.29, 1.82) is 0 Å². The quantitative estimate of drug-likeness (QED) is 0.406. The van der Waals surface area contributed by atoms with Crippen LogP contribution in [-0.4, -0.2) is 22.2 Å². The molecule has 4 rings (SSSR count). The van der Waals surface area contributed by atoms with E-state index < -0.39 is 5.97 Å². The lowest BCUT2D eigenvalue weighted by atomic mass is 9.93. The van der Waals surface area contributed by atoms with Crippen LogP contribution in [0.5, 0.6) is 0 Å². The molecular formula is C27H23NO3. The van der Waals surface area contributed by atoms with Crippen molar-refractivity contribution in [2.24, 2.45) is 0 Å². The summed E-state index contributed by atoms with van der Waals surface area (Å²) in [6.45, 7) is 4.59. The normalized spacial score (nSPS) is 10.8. The van der Waals surface area contributed by atoms with Gasteiger partial charge in [0.25, 0.3) is 0 Å². The SMILES string of the molecule is CC(C)OCc1ccc(C#Cc2cccc(C(=O)O)c2-c2ccc3cc[nH]c3c2)cc1. The van der Waals surface area contributed by atoms with E-state index in [-0.39, 0.29) is 11.7 Å². The molecule has 0 fully saturated rings. The Bertz CT molecular complexity index is 1290. The molecule has 1 aromatic heterocycles. The van der Waals surface area contributed by atoms with Gasteiger partial charge in [-0.3, -0.25) is 0 Å². The summed E-state index contributed by atoms with van der Waals surface area (Å²) in [5.74, 6) is 5.38. The Kier molecular flexibility index (Phi) is 5.88. The van der Waals surface area contributed by atoms with Crippen LogP contribution in [0.4, 0.5) is 0 Å².